The highest BCUT2D eigenvalue weighted by molar-refractivity contribution is 5.97. The zero-order chi connectivity index (χ0) is 20.1. The van der Waals surface area contributed by atoms with Crippen LogP contribution in [0.15, 0.2) is 34.9 Å². The van der Waals surface area contributed by atoms with Gasteiger partial charge in [0.1, 0.15) is 0 Å². The van der Waals surface area contributed by atoms with Crippen molar-refractivity contribution in [3.63, 3.8) is 0 Å². The number of hydrogen-bond donors (Lipinski definition) is 0. The van der Waals surface area contributed by atoms with Crippen molar-refractivity contribution in [2.75, 3.05) is 18.2 Å². The number of ether oxygens (including phenoxy) is 2. The predicted molar refractivity (Wildman–Crippen MR) is 106 cm³/mol. The summed E-state index contributed by atoms with van der Waals surface area (Å²) in [5, 5.41) is 4.11. The van der Waals surface area contributed by atoms with Gasteiger partial charge in [0.2, 0.25) is 24.4 Å². The first kappa shape index (κ1) is 17.7. The fourth-order valence-electron chi connectivity index (χ4n) is 4.24. The van der Waals surface area contributed by atoms with Gasteiger partial charge in [0, 0.05) is 24.2 Å². The highest BCUT2D eigenvalue weighted by atomic mass is 16.7. The van der Waals surface area contributed by atoms with Crippen molar-refractivity contribution in [3.05, 3.63) is 52.9 Å². The number of amides is 1. The molecule has 1 fully saturated rings. The van der Waals surface area contributed by atoms with Crippen LogP contribution in [-0.2, 0) is 4.79 Å². The molecule has 0 saturated carbocycles. The van der Waals surface area contributed by atoms with Crippen LogP contribution >= 0.6 is 0 Å². The lowest BCUT2D eigenvalue weighted by molar-refractivity contribution is -0.117. The van der Waals surface area contributed by atoms with Crippen LogP contribution in [0.25, 0.3) is 11.4 Å². The third-order valence-electron chi connectivity index (χ3n) is 5.45. The van der Waals surface area contributed by atoms with Gasteiger partial charge in [-0.25, -0.2) is 0 Å². The maximum Gasteiger partial charge on any atom is 0.232 e. The summed E-state index contributed by atoms with van der Waals surface area (Å²) in [5.41, 5.74) is 5.16. The lowest BCUT2D eigenvalue weighted by Crippen LogP contribution is -2.26. The van der Waals surface area contributed by atoms with E-state index in [2.05, 4.69) is 29.2 Å². The number of carbonyl (C=O) groups is 1. The Morgan fingerprint density at radius 3 is 2.59 bits per heavy atom. The minimum Gasteiger partial charge on any atom is -0.454 e. The van der Waals surface area contributed by atoms with E-state index in [-0.39, 0.29) is 18.6 Å². The third kappa shape index (κ3) is 3.03. The molecule has 1 unspecified atom stereocenters. The SMILES string of the molecule is Cc1cc(C)c(N2CC(c3nc(-c4ccc5c(c4)OCO5)no3)CC2=O)c(C)c1. The Morgan fingerprint density at radius 1 is 1.03 bits per heavy atom. The van der Waals surface area contributed by atoms with E-state index in [1.54, 1.807) is 0 Å². The van der Waals surface area contributed by atoms with E-state index < -0.39 is 0 Å². The second-order valence-electron chi connectivity index (χ2n) is 7.68. The van der Waals surface area contributed by atoms with Crippen LogP contribution in [-0.4, -0.2) is 29.4 Å². The van der Waals surface area contributed by atoms with Crippen molar-refractivity contribution in [1.82, 2.24) is 10.1 Å². The number of anilines is 1. The Morgan fingerprint density at radius 2 is 1.79 bits per heavy atom. The number of nitrogens with zero attached hydrogens (tertiary/aromatic N) is 3. The van der Waals surface area contributed by atoms with E-state index >= 15 is 0 Å². The summed E-state index contributed by atoms with van der Waals surface area (Å²) in [6, 6.07) is 9.74. The second kappa shape index (κ2) is 6.62. The zero-order valence-electron chi connectivity index (χ0n) is 16.6. The van der Waals surface area contributed by atoms with Crippen LogP contribution in [0.5, 0.6) is 11.5 Å². The van der Waals surface area contributed by atoms with Crippen LogP contribution in [0.1, 0.15) is 34.9 Å². The zero-order valence-corrected chi connectivity index (χ0v) is 16.6. The van der Waals surface area contributed by atoms with Crippen molar-refractivity contribution in [2.45, 2.75) is 33.1 Å². The van der Waals surface area contributed by atoms with E-state index in [0.717, 1.165) is 22.4 Å². The highest BCUT2D eigenvalue weighted by Gasteiger charge is 2.36. The largest absolute Gasteiger partial charge is 0.454 e. The Balaban J connectivity index is 1.40. The molecule has 1 aromatic heterocycles. The number of benzene rings is 2. The minimum atomic E-state index is -0.127. The lowest BCUT2D eigenvalue weighted by atomic mass is 10.0. The molecule has 2 aliphatic rings. The molecule has 148 valence electrons. The molecule has 2 aliphatic heterocycles. The van der Waals surface area contributed by atoms with Crippen molar-refractivity contribution in [2.24, 2.45) is 0 Å². The summed E-state index contributed by atoms with van der Waals surface area (Å²) in [4.78, 5) is 19.2. The van der Waals surface area contributed by atoms with Gasteiger partial charge in [0.15, 0.2) is 11.5 Å². The molecule has 3 aromatic rings. The maximum absolute atomic E-state index is 12.8. The number of aryl methyl sites for hydroxylation is 3. The maximum atomic E-state index is 12.8. The summed E-state index contributed by atoms with van der Waals surface area (Å²) in [5.74, 6) is 2.29. The molecule has 0 bridgehead atoms. The van der Waals surface area contributed by atoms with Crippen LogP contribution in [0, 0.1) is 20.8 Å². The first-order valence-electron chi connectivity index (χ1n) is 9.61. The van der Waals surface area contributed by atoms with Gasteiger partial charge in [0.05, 0.1) is 5.92 Å². The normalized spacial score (nSPS) is 18.0. The van der Waals surface area contributed by atoms with E-state index in [9.17, 15) is 4.79 Å². The molecule has 0 spiro atoms. The molecule has 0 radical (unpaired) electrons. The van der Waals surface area contributed by atoms with Crippen molar-refractivity contribution < 1.29 is 18.8 Å². The molecule has 0 N–H and O–H groups in total. The minimum absolute atomic E-state index is 0.0767. The fraction of sp³-hybridized carbons (Fsp3) is 0.318. The fourth-order valence-corrected chi connectivity index (χ4v) is 4.24. The molecule has 3 heterocycles. The molecule has 1 saturated heterocycles. The smallest absolute Gasteiger partial charge is 0.232 e. The summed E-state index contributed by atoms with van der Waals surface area (Å²) in [7, 11) is 0. The Bertz CT molecular complexity index is 1100. The number of rotatable bonds is 3. The van der Waals surface area contributed by atoms with Gasteiger partial charge in [-0.15, -0.1) is 0 Å². The third-order valence-corrected chi connectivity index (χ3v) is 5.45. The van der Waals surface area contributed by atoms with Crippen LogP contribution < -0.4 is 14.4 Å². The van der Waals surface area contributed by atoms with Crippen LogP contribution in [0.3, 0.4) is 0 Å². The predicted octanol–water partition coefficient (Wildman–Crippen LogP) is 3.91. The molecule has 2 aromatic carbocycles. The van der Waals surface area contributed by atoms with E-state index in [4.69, 9.17) is 14.0 Å². The molecule has 7 heteroatoms. The number of fused-ring (bicyclic) bond motifs is 1. The molecule has 1 atom stereocenters. The topological polar surface area (TPSA) is 77.7 Å². The van der Waals surface area contributed by atoms with E-state index in [1.807, 2.05) is 36.9 Å². The molecule has 7 nitrogen and oxygen atoms in total. The highest BCUT2D eigenvalue weighted by Crippen LogP contribution is 2.37. The van der Waals surface area contributed by atoms with Gasteiger partial charge in [-0.05, 0) is 50.1 Å². The molecular formula is C22H21N3O4. The Labute approximate surface area is 168 Å². The van der Waals surface area contributed by atoms with Crippen molar-refractivity contribution in [3.8, 4) is 22.9 Å². The first-order chi connectivity index (χ1) is 14.0. The van der Waals surface area contributed by atoms with Gasteiger partial charge in [-0.3, -0.25) is 4.79 Å². The summed E-state index contributed by atoms with van der Waals surface area (Å²) in [6.07, 6.45) is 0.357. The van der Waals surface area contributed by atoms with Gasteiger partial charge in [0.25, 0.3) is 0 Å². The van der Waals surface area contributed by atoms with E-state index in [1.165, 1.54) is 5.56 Å². The van der Waals surface area contributed by atoms with Gasteiger partial charge in [-0.1, -0.05) is 22.9 Å². The Kier molecular flexibility index (Phi) is 4.04. The Hall–Kier alpha value is -3.35. The number of aromatic nitrogens is 2. The number of carbonyl (C=O) groups excluding carboxylic acids is 1. The summed E-state index contributed by atoms with van der Waals surface area (Å²) in [6.45, 7) is 6.90. The van der Waals surface area contributed by atoms with E-state index in [0.29, 0.717) is 36.2 Å². The van der Waals surface area contributed by atoms with Crippen LogP contribution in [0.2, 0.25) is 0 Å². The number of hydrogen-bond acceptors (Lipinski definition) is 6. The van der Waals surface area contributed by atoms with Gasteiger partial charge >= 0.3 is 0 Å². The van der Waals surface area contributed by atoms with Crippen molar-refractivity contribution in [1.29, 1.82) is 0 Å². The second-order valence-corrected chi connectivity index (χ2v) is 7.68. The summed E-state index contributed by atoms with van der Waals surface area (Å²) >= 11 is 0. The van der Waals surface area contributed by atoms with Crippen LogP contribution in [0.4, 0.5) is 5.69 Å². The average molecular weight is 391 g/mol. The van der Waals surface area contributed by atoms with Gasteiger partial charge in [-0.2, -0.15) is 4.98 Å². The van der Waals surface area contributed by atoms with Gasteiger partial charge < -0.3 is 18.9 Å². The average Bonchev–Trinajstić information content (AvgIpc) is 3.40. The van der Waals surface area contributed by atoms with Crippen molar-refractivity contribution >= 4 is 11.6 Å². The molecular weight excluding hydrogens is 370 g/mol. The molecule has 5 rings (SSSR count). The lowest BCUT2D eigenvalue weighted by Gasteiger charge is -2.21. The quantitative estimate of drug-likeness (QED) is 0.674. The monoisotopic (exact) mass is 391 g/mol. The standard InChI is InChI=1S/C22H21N3O4/c1-12-6-13(2)20(14(3)7-12)25-10-16(9-19(25)26)22-23-21(24-29-22)15-4-5-17-18(8-15)28-11-27-17/h4-8,16H,9-11H2,1-3H3. The summed E-state index contributed by atoms with van der Waals surface area (Å²) < 4.78 is 16.3. The first-order valence-corrected chi connectivity index (χ1v) is 9.61. The molecule has 29 heavy (non-hydrogen) atoms. The molecule has 0 aliphatic carbocycles. The molecule has 1 amide bonds.